The predicted octanol–water partition coefficient (Wildman–Crippen LogP) is 11.0. The van der Waals surface area contributed by atoms with E-state index in [4.69, 9.17) is 50.1 Å². The minimum absolute atomic E-state index is 0.0344. The molecule has 0 amide bonds. The SMILES string of the molecule is [N-]=[N+]=NCOC1C[C@H](n2cc(C#CCOC(=O)c3ccc(CCCCC(=O)CCCCCCCC(=O)COc4ccc(/C=C/c5ccc6n5[B-](F)(F)[N+]5=C(c7cccs7)C=CC5=C6)cc4)cc3CN=[N+]=[N-])c3c(=O)[nH]c(N)nc32)O[C@@H]1COP(=O)(O)OP(=O)(O)OP(=O)(O)O. The summed E-state index contributed by atoms with van der Waals surface area (Å²) >= 11 is 1.41. The number of H-pyrrole nitrogens is 1. The van der Waals surface area contributed by atoms with Crippen LogP contribution < -0.4 is 16.0 Å². The first-order valence-corrected chi connectivity index (χ1v) is 34.8. The number of azide groups is 2. The molecule has 95 heavy (non-hydrogen) atoms. The van der Waals surface area contributed by atoms with Crippen LogP contribution >= 0.6 is 34.8 Å². The Kier molecular flexibility index (Phi) is 23.8. The number of phosphoric ester groups is 1. The smallest absolute Gasteiger partial charge is 0.486 e. The number of aromatic nitrogens is 4. The Morgan fingerprint density at radius 3 is 2.38 bits per heavy atom. The van der Waals surface area contributed by atoms with Crippen molar-refractivity contribution in [1.82, 2.24) is 19.0 Å². The molecule has 3 aliphatic rings. The van der Waals surface area contributed by atoms with Crippen molar-refractivity contribution >= 4 is 100 Å². The fraction of sp³-hybridized carbons (Fsp3) is 0.345. The number of nitrogens with two attached hydrogens (primary N) is 1. The summed E-state index contributed by atoms with van der Waals surface area (Å²) in [5.41, 5.74) is 26.8. The molecule has 37 heteroatoms. The van der Waals surface area contributed by atoms with Crippen molar-refractivity contribution < 1.29 is 92.9 Å². The zero-order valence-corrected chi connectivity index (χ0v) is 53.8. The number of halogens is 2. The number of rotatable bonds is 34. The third kappa shape index (κ3) is 19.2. The number of nitrogens with zero attached hydrogens (tertiary/aromatic N) is 10. The first kappa shape index (κ1) is 70.9. The number of aryl methyl sites for hydroxylation is 1. The van der Waals surface area contributed by atoms with E-state index in [0.717, 1.165) is 50.7 Å². The first-order chi connectivity index (χ1) is 45.4. The third-order valence-corrected chi connectivity index (χ3v) is 19.7. The van der Waals surface area contributed by atoms with Gasteiger partial charge >= 0.3 is 36.4 Å². The number of ketones is 2. The number of unbranched alkanes of at least 4 members (excludes halogenated alkanes) is 5. The van der Waals surface area contributed by atoms with Crippen molar-refractivity contribution in [3.05, 3.63) is 171 Å². The Morgan fingerprint density at radius 1 is 0.916 bits per heavy atom. The highest BCUT2D eigenvalue weighted by atomic mass is 32.1. The fourth-order valence-corrected chi connectivity index (χ4v) is 14.6. The summed E-state index contributed by atoms with van der Waals surface area (Å²) in [6.07, 6.45) is 13.2. The number of hydrogen-bond acceptors (Lipinski definition) is 19. The van der Waals surface area contributed by atoms with Crippen LogP contribution in [0.5, 0.6) is 5.75 Å². The van der Waals surface area contributed by atoms with Gasteiger partial charge < -0.3 is 66.4 Å². The van der Waals surface area contributed by atoms with Gasteiger partial charge in [0, 0.05) is 71.3 Å². The number of anilines is 1. The molecule has 7 heterocycles. The van der Waals surface area contributed by atoms with E-state index < -0.39 is 80.3 Å². The largest absolute Gasteiger partial charge is 0.737 e. The topological polar surface area (TPSA) is 430 Å². The summed E-state index contributed by atoms with van der Waals surface area (Å²) in [6.45, 7) is -6.44. The molecule has 9 rings (SSSR count). The quantitative estimate of drug-likeness (QED) is 0.00319. The van der Waals surface area contributed by atoms with Gasteiger partial charge in [-0.05, 0) is 108 Å². The number of allylic oxidation sites excluding steroid dienone is 2. The number of hydrogen-bond donors (Lipinski definition) is 6. The Bertz CT molecular complexity index is 4380. The van der Waals surface area contributed by atoms with Gasteiger partial charge in [-0.15, -0.1) is 11.3 Å². The van der Waals surface area contributed by atoms with Crippen molar-refractivity contribution in [2.45, 2.75) is 102 Å². The van der Waals surface area contributed by atoms with Crippen LogP contribution in [-0.4, -0.2) is 112 Å². The Morgan fingerprint density at radius 2 is 1.65 bits per heavy atom. The van der Waals surface area contributed by atoms with Crippen molar-refractivity contribution in [3.8, 4) is 17.6 Å². The molecule has 0 saturated carbocycles. The van der Waals surface area contributed by atoms with E-state index in [2.05, 4.69) is 50.5 Å². The number of Topliss-reactive ketones (excluding diaryl/α,β-unsaturated/α-hetero) is 2. The molecule has 1 saturated heterocycles. The molecule has 500 valence electrons. The second-order valence-electron chi connectivity index (χ2n) is 21.7. The summed E-state index contributed by atoms with van der Waals surface area (Å²) < 4.78 is 106. The average Bonchev–Trinajstić information content (AvgIpc) is 1.63. The lowest BCUT2D eigenvalue weighted by Gasteiger charge is -2.30. The van der Waals surface area contributed by atoms with Crippen LogP contribution in [-0.2, 0) is 63.6 Å². The molecule has 3 aliphatic heterocycles. The Balaban J connectivity index is 0.673. The van der Waals surface area contributed by atoms with Crippen LogP contribution in [0.25, 0.3) is 50.1 Å². The van der Waals surface area contributed by atoms with Crippen LogP contribution in [0.3, 0.4) is 0 Å². The number of nitrogens with one attached hydrogen (secondary N) is 1. The van der Waals surface area contributed by atoms with Gasteiger partial charge in [0.25, 0.3) is 5.56 Å². The molecule has 0 radical (unpaired) electrons. The van der Waals surface area contributed by atoms with E-state index >= 15 is 8.63 Å². The summed E-state index contributed by atoms with van der Waals surface area (Å²) in [4.78, 5) is 102. The minimum Gasteiger partial charge on any atom is -0.486 e. The van der Waals surface area contributed by atoms with Gasteiger partial charge in [0.1, 0.15) is 37.2 Å². The zero-order valence-electron chi connectivity index (χ0n) is 50.3. The zero-order chi connectivity index (χ0) is 67.9. The number of thiophene rings is 1. The van der Waals surface area contributed by atoms with Gasteiger partial charge in [-0.25, -0.2) is 18.5 Å². The lowest BCUT2D eigenvalue weighted by molar-refractivity contribution is -0.360. The number of phosphoric acid groups is 3. The molecule has 0 aliphatic carbocycles. The highest BCUT2D eigenvalue weighted by molar-refractivity contribution is 7.66. The van der Waals surface area contributed by atoms with Crippen LogP contribution in [0.1, 0.15) is 126 Å². The Labute approximate surface area is 543 Å². The number of fused-ring (bicyclic) bond motifs is 3. The summed E-state index contributed by atoms with van der Waals surface area (Å²) in [6, 6.07) is 19.1. The number of esters is 1. The second kappa shape index (κ2) is 31.9. The molecule has 0 spiro atoms. The monoisotopic (exact) mass is 1390 g/mol. The third-order valence-electron chi connectivity index (χ3n) is 15.0. The van der Waals surface area contributed by atoms with Gasteiger partial charge in [-0.3, -0.25) is 23.9 Å². The molecule has 4 aromatic heterocycles. The van der Waals surface area contributed by atoms with Crippen LogP contribution in [0.4, 0.5) is 14.6 Å². The van der Waals surface area contributed by atoms with Crippen LogP contribution in [0.15, 0.2) is 111 Å². The van der Waals surface area contributed by atoms with E-state index in [-0.39, 0.29) is 59.2 Å². The number of ether oxygens (including phenoxy) is 4. The number of carbonyl (C=O) groups excluding carboxylic acids is 3. The van der Waals surface area contributed by atoms with Gasteiger partial charge in [0.2, 0.25) is 5.95 Å². The maximum Gasteiger partial charge on any atom is 0.737 e. The van der Waals surface area contributed by atoms with Crippen molar-refractivity contribution in [2.24, 2.45) is 10.2 Å². The number of benzene rings is 2. The fourth-order valence-electron chi connectivity index (χ4n) is 10.8. The molecular formula is C58H62BF2N12O18P3S. The van der Waals surface area contributed by atoms with E-state index in [1.165, 1.54) is 28.2 Å². The molecule has 6 aromatic rings. The van der Waals surface area contributed by atoms with Crippen molar-refractivity contribution in [3.63, 3.8) is 0 Å². The maximum atomic E-state index is 16.2. The molecular weight excluding hydrogens is 1330 g/mol. The molecule has 30 nitrogen and oxygen atoms in total. The molecule has 1 fully saturated rings. The second-order valence-corrected chi connectivity index (χ2v) is 27.1. The average molecular weight is 1390 g/mol. The number of aromatic amines is 1. The van der Waals surface area contributed by atoms with Crippen molar-refractivity contribution in [2.75, 3.05) is 32.3 Å². The van der Waals surface area contributed by atoms with E-state index in [9.17, 15) is 42.7 Å². The van der Waals surface area contributed by atoms with Crippen LogP contribution in [0.2, 0.25) is 0 Å². The Hall–Kier alpha value is -8.43. The molecule has 3 unspecified atom stereocenters. The normalized spacial score (nSPS) is 17.6. The standard InChI is InChI=1S/C58H62BF2N12O18P3S/c60-59(61)72-42(21-22-43(72)31-44-23-27-49(73(44)59)52-15-9-29-95-52)20-16-38-17-24-47(25-18-38)86-35-46(75)14-5-3-1-2-4-12-45(74)13-7-6-10-39-19-26-48(41(30-39)33-65-69-63)57(77)85-28-8-11-40-34-71(55-54(40)56(76)68-58(62)67-55)53-32-50(87-37-66-70-64)51(89-53)36-88-93(81,82)91-94(83,84)90-92(78,79)80/h9,15-27,29-31,34,50-51,53H,1-7,10,12-14,28,32-33,35-37H2,(H,81,82)(H,83,84)(H2,78,79,80)(H3,62,67,68,76)/b20-16+/t50?,51-,53-/m1/s1. The summed E-state index contributed by atoms with van der Waals surface area (Å²) in [5.74, 6) is 4.92. The van der Waals surface area contributed by atoms with E-state index in [1.807, 2.05) is 17.5 Å². The maximum absolute atomic E-state index is 16.2. The van der Waals surface area contributed by atoms with Gasteiger partial charge in [0.05, 0.1) is 40.6 Å². The predicted molar refractivity (Wildman–Crippen MR) is 343 cm³/mol. The van der Waals surface area contributed by atoms with Crippen molar-refractivity contribution in [1.29, 1.82) is 0 Å². The van der Waals surface area contributed by atoms with Gasteiger partial charge in [0.15, 0.2) is 29.4 Å². The van der Waals surface area contributed by atoms with Gasteiger partial charge in [-0.1, -0.05) is 77.7 Å². The molecule has 0 bridgehead atoms. The molecule has 2 aromatic carbocycles. The van der Waals surface area contributed by atoms with E-state index in [0.29, 0.717) is 79.1 Å². The summed E-state index contributed by atoms with van der Waals surface area (Å²) in [7, 11) is -17.2. The van der Waals surface area contributed by atoms with E-state index in [1.54, 1.807) is 78.9 Å². The molecule has 5 atom stereocenters. The lowest BCUT2D eigenvalue weighted by Crippen LogP contribution is -2.50. The highest BCUT2D eigenvalue weighted by Crippen LogP contribution is 2.66. The summed E-state index contributed by atoms with van der Waals surface area (Å²) in [5, 5.41) is 8.68. The lowest BCUT2D eigenvalue weighted by atomic mass is 9.90. The van der Waals surface area contributed by atoms with Crippen LogP contribution in [0, 0.1) is 11.8 Å². The molecule has 7 N–H and O–H groups in total. The van der Waals surface area contributed by atoms with Gasteiger partial charge in [-0.2, -0.15) is 13.6 Å². The first-order valence-electron chi connectivity index (χ1n) is 29.4. The highest BCUT2D eigenvalue weighted by Gasteiger charge is 2.53. The minimum atomic E-state index is -5.86. The number of carbonyl (C=O) groups is 3. The number of nitrogen functional groups attached to an aromatic ring is 1.